The Morgan fingerprint density at radius 2 is 0.933 bits per heavy atom. The van der Waals surface area contributed by atoms with Gasteiger partial charge in [0.1, 0.15) is 0 Å². The predicted octanol–water partition coefficient (Wildman–Crippen LogP) is 9.55. The average molecular weight is 401 g/mol. The van der Waals surface area contributed by atoms with Crippen LogP contribution in [-0.4, -0.2) is 0 Å². The number of rotatable bonds is 0. The molecule has 4 bridgehead atoms. The van der Waals surface area contributed by atoms with Crippen molar-refractivity contribution in [3.8, 4) is 0 Å². The minimum atomic E-state index is 1.22. The summed E-state index contributed by atoms with van der Waals surface area (Å²) >= 11 is 0. The van der Waals surface area contributed by atoms with Crippen LogP contribution in [0.1, 0.15) is 101 Å². The monoisotopic (exact) mass is 400 g/mol. The number of fused-ring (bicyclic) bond motifs is 2. The summed E-state index contributed by atoms with van der Waals surface area (Å²) in [6, 6.07) is 18.6. The Bertz CT molecular complexity index is 920. The van der Waals surface area contributed by atoms with E-state index in [1.165, 1.54) is 124 Å². The third kappa shape index (κ3) is 5.65. The van der Waals surface area contributed by atoms with Gasteiger partial charge in [0.15, 0.2) is 0 Å². The summed E-state index contributed by atoms with van der Waals surface area (Å²) in [5, 5.41) is 5.93. The fourth-order valence-electron chi connectivity index (χ4n) is 5.47. The summed E-state index contributed by atoms with van der Waals surface area (Å²) < 4.78 is 0. The highest BCUT2D eigenvalue weighted by Crippen LogP contribution is 2.32. The molecule has 0 spiro atoms. The lowest BCUT2D eigenvalue weighted by atomic mass is 9.90. The molecular formula is C30H40. The minimum Gasteiger partial charge on any atom is -0.0616 e. The van der Waals surface area contributed by atoms with E-state index in [4.69, 9.17) is 0 Å². The molecule has 0 atom stereocenters. The maximum atomic E-state index is 2.47. The molecule has 3 aromatic rings. The van der Waals surface area contributed by atoms with Crippen LogP contribution >= 0.6 is 0 Å². The largest absolute Gasteiger partial charge is 0.0616 e. The molecule has 0 nitrogen and oxygen atoms in total. The Kier molecular flexibility index (Phi) is 8.24. The Balaban J connectivity index is 1.59. The van der Waals surface area contributed by atoms with Crippen molar-refractivity contribution in [2.24, 2.45) is 0 Å². The van der Waals surface area contributed by atoms with Crippen LogP contribution in [0, 0.1) is 0 Å². The first-order valence-electron chi connectivity index (χ1n) is 12.9. The molecule has 160 valence electrons. The second kappa shape index (κ2) is 11.5. The topological polar surface area (TPSA) is 0 Å². The third-order valence-electron chi connectivity index (χ3n) is 7.23. The lowest BCUT2D eigenvalue weighted by Gasteiger charge is -2.15. The molecule has 0 aliphatic heterocycles. The molecule has 0 amide bonds. The van der Waals surface area contributed by atoms with E-state index in [1.54, 1.807) is 11.1 Å². The van der Waals surface area contributed by atoms with Crippen LogP contribution in [0.3, 0.4) is 0 Å². The van der Waals surface area contributed by atoms with Crippen molar-refractivity contribution in [1.82, 2.24) is 0 Å². The SMILES string of the molecule is c1ccc2c3c4cccc(c4cc2c1)CCCCCCCCCCCCCCCC3. The smallest absolute Gasteiger partial charge is 0.0143 e. The maximum Gasteiger partial charge on any atom is -0.0143 e. The average Bonchev–Trinajstić information content (AvgIpc) is 2.77. The van der Waals surface area contributed by atoms with Crippen molar-refractivity contribution in [2.45, 2.75) is 103 Å². The first kappa shape index (κ1) is 21.4. The van der Waals surface area contributed by atoms with Crippen molar-refractivity contribution >= 4 is 21.5 Å². The molecule has 0 heterocycles. The van der Waals surface area contributed by atoms with Gasteiger partial charge in [-0.15, -0.1) is 0 Å². The summed E-state index contributed by atoms with van der Waals surface area (Å²) in [6.07, 6.45) is 22.3. The minimum absolute atomic E-state index is 1.22. The zero-order chi connectivity index (χ0) is 20.4. The van der Waals surface area contributed by atoms with E-state index in [2.05, 4.69) is 48.5 Å². The van der Waals surface area contributed by atoms with E-state index in [0.717, 1.165) is 0 Å². The zero-order valence-electron chi connectivity index (χ0n) is 18.9. The lowest BCUT2D eigenvalue weighted by Crippen LogP contribution is -1.95. The van der Waals surface area contributed by atoms with Gasteiger partial charge in [0, 0.05) is 0 Å². The van der Waals surface area contributed by atoms with Crippen molar-refractivity contribution in [1.29, 1.82) is 0 Å². The number of hydrogen-bond donors (Lipinski definition) is 0. The Morgan fingerprint density at radius 1 is 0.400 bits per heavy atom. The van der Waals surface area contributed by atoms with Gasteiger partial charge in [-0.1, -0.05) is 120 Å². The highest BCUT2D eigenvalue weighted by atomic mass is 14.1. The molecule has 1 aliphatic carbocycles. The highest BCUT2D eigenvalue weighted by molar-refractivity contribution is 6.03. The van der Waals surface area contributed by atoms with E-state index < -0.39 is 0 Å². The molecule has 0 fully saturated rings. The van der Waals surface area contributed by atoms with Crippen LogP contribution in [0.2, 0.25) is 0 Å². The van der Waals surface area contributed by atoms with Crippen molar-refractivity contribution in [3.63, 3.8) is 0 Å². The van der Waals surface area contributed by atoms with Gasteiger partial charge in [-0.2, -0.15) is 0 Å². The van der Waals surface area contributed by atoms with Crippen LogP contribution in [0.15, 0.2) is 48.5 Å². The van der Waals surface area contributed by atoms with Crippen molar-refractivity contribution in [3.05, 3.63) is 59.7 Å². The second-order valence-corrected chi connectivity index (χ2v) is 9.54. The van der Waals surface area contributed by atoms with Crippen LogP contribution in [0.5, 0.6) is 0 Å². The zero-order valence-corrected chi connectivity index (χ0v) is 18.9. The summed E-state index contributed by atoms with van der Waals surface area (Å²) in [5.74, 6) is 0. The van der Waals surface area contributed by atoms with Crippen molar-refractivity contribution < 1.29 is 0 Å². The molecule has 0 N–H and O–H groups in total. The number of hydrogen-bond acceptors (Lipinski definition) is 0. The number of aryl methyl sites for hydroxylation is 2. The molecule has 1 aliphatic rings. The molecule has 30 heavy (non-hydrogen) atoms. The molecule has 0 aromatic heterocycles. The predicted molar refractivity (Wildman–Crippen MR) is 134 cm³/mol. The summed E-state index contributed by atoms with van der Waals surface area (Å²) in [6.45, 7) is 0. The van der Waals surface area contributed by atoms with Gasteiger partial charge in [-0.25, -0.2) is 0 Å². The molecule has 0 saturated heterocycles. The van der Waals surface area contributed by atoms with E-state index in [-0.39, 0.29) is 0 Å². The molecular weight excluding hydrogens is 360 g/mol. The summed E-state index contributed by atoms with van der Waals surface area (Å²) in [5.41, 5.74) is 3.16. The van der Waals surface area contributed by atoms with Gasteiger partial charge in [0.05, 0.1) is 0 Å². The normalized spacial score (nSPS) is 18.5. The molecule has 0 radical (unpaired) electrons. The second-order valence-electron chi connectivity index (χ2n) is 9.54. The van der Waals surface area contributed by atoms with Gasteiger partial charge in [-0.05, 0) is 64.4 Å². The molecule has 4 rings (SSSR count). The van der Waals surface area contributed by atoms with E-state index in [1.807, 2.05) is 0 Å². The first-order chi connectivity index (χ1) is 14.9. The Labute approximate surface area is 184 Å². The van der Waals surface area contributed by atoms with E-state index in [9.17, 15) is 0 Å². The third-order valence-corrected chi connectivity index (χ3v) is 7.23. The fraction of sp³-hybridized carbons (Fsp3) is 0.533. The lowest BCUT2D eigenvalue weighted by molar-refractivity contribution is 0.533. The van der Waals surface area contributed by atoms with E-state index in [0.29, 0.717) is 0 Å². The van der Waals surface area contributed by atoms with Gasteiger partial charge in [-0.3, -0.25) is 0 Å². The Hall–Kier alpha value is -1.82. The van der Waals surface area contributed by atoms with Crippen LogP contribution in [0.25, 0.3) is 21.5 Å². The highest BCUT2D eigenvalue weighted by Gasteiger charge is 2.10. The van der Waals surface area contributed by atoms with Gasteiger partial charge in [0.25, 0.3) is 0 Å². The molecule has 0 unspecified atom stereocenters. The van der Waals surface area contributed by atoms with Crippen LogP contribution in [-0.2, 0) is 12.8 Å². The summed E-state index contributed by atoms with van der Waals surface area (Å²) in [4.78, 5) is 0. The van der Waals surface area contributed by atoms with Gasteiger partial charge < -0.3 is 0 Å². The van der Waals surface area contributed by atoms with Crippen LogP contribution in [0.4, 0.5) is 0 Å². The quantitative estimate of drug-likeness (QED) is 0.329. The van der Waals surface area contributed by atoms with Gasteiger partial charge in [0.2, 0.25) is 0 Å². The van der Waals surface area contributed by atoms with Crippen molar-refractivity contribution in [2.75, 3.05) is 0 Å². The van der Waals surface area contributed by atoms with Crippen LogP contribution < -0.4 is 0 Å². The first-order valence-corrected chi connectivity index (χ1v) is 12.9. The standard InChI is InChI=1S/C30H40/c1-2-4-6-8-10-12-14-22-28-27-21-16-15-19-26(27)24-30-25(20-17-23-29(28)30)18-13-11-9-7-5-3-1/h15-17,19-21,23-24H,1-14,18,22H2. The Morgan fingerprint density at radius 3 is 1.60 bits per heavy atom. The fourth-order valence-corrected chi connectivity index (χ4v) is 5.47. The molecule has 0 saturated carbocycles. The molecule has 0 heteroatoms. The maximum absolute atomic E-state index is 2.47. The van der Waals surface area contributed by atoms with E-state index >= 15 is 0 Å². The summed E-state index contributed by atoms with van der Waals surface area (Å²) in [7, 11) is 0. The molecule has 3 aromatic carbocycles. The van der Waals surface area contributed by atoms with Gasteiger partial charge >= 0.3 is 0 Å². The number of benzene rings is 3.